The third kappa shape index (κ3) is 6.68. The Bertz CT molecular complexity index is 295. The van der Waals surface area contributed by atoms with Crippen molar-refractivity contribution in [3.8, 4) is 0 Å². The highest BCUT2D eigenvalue weighted by atomic mass is 32.2. The van der Waals surface area contributed by atoms with Gasteiger partial charge in [0.1, 0.15) is 0 Å². The number of thioether (sulfide) groups is 1. The summed E-state index contributed by atoms with van der Waals surface area (Å²) in [4.78, 5) is 3.37. The molecule has 1 aromatic carbocycles. The molecule has 17 heavy (non-hydrogen) atoms. The molecule has 1 rings (SSSR count). The maximum absolute atomic E-state index is 8.78. The molecule has 3 N–H and O–H groups in total. The van der Waals surface area contributed by atoms with E-state index in [9.17, 15) is 0 Å². The molecule has 0 heterocycles. The maximum Gasteiger partial charge on any atom is 0.0558 e. The predicted octanol–water partition coefficient (Wildman–Crippen LogP) is 1.42. The lowest BCUT2D eigenvalue weighted by molar-refractivity contribution is 0.218. The van der Waals surface area contributed by atoms with E-state index in [1.54, 1.807) is 11.8 Å². The summed E-state index contributed by atoms with van der Waals surface area (Å²) in [6, 6.07) is 10.5. The Hall–Kier alpha value is -0.550. The Morgan fingerprint density at radius 2 is 2.00 bits per heavy atom. The fourth-order valence-corrected chi connectivity index (χ4v) is 2.39. The summed E-state index contributed by atoms with van der Waals surface area (Å²) in [6.45, 7) is 1.88. The second-order valence-corrected chi connectivity index (χ2v) is 5.29. The minimum atomic E-state index is 0.210. The molecule has 0 fully saturated rings. The molecular formula is C13H22N2OS. The smallest absolute Gasteiger partial charge is 0.0558 e. The summed E-state index contributed by atoms with van der Waals surface area (Å²) in [5.41, 5.74) is 6.06. The lowest BCUT2D eigenvalue weighted by atomic mass is 10.2. The zero-order valence-corrected chi connectivity index (χ0v) is 11.2. The van der Waals surface area contributed by atoms with Crippen molar-refractivity contribution in [3.63, 3.8) is 0 Å². The Labute approximate surface area is 108 Å². The van der Waals surface area contributed by atoms with E-state index in [2.05, 4.69) is 17.0 Å². The first-order valence-corrected chi connectivity index (χ1v) is 6.93. The van der Waals surface area contributed by atoms with Gasteiger partial charge in [0, 0.05) is 23.2 Å². The SMILES string of the molecule is CN(CCO)CC[C@H](N)CSc1ccccc1. The third-order valence-electron chi connectivity index (χ3n) is 2.57. The second kappa shape index (κ2) is 8.53. The van der Waals surface area contributed by atoms with Gasteiger partial charge in [-0.25, -0.2) is 0 Å². The van der Waals surface area contributed by atoms with Crippen molar-refractivity contribution in [2.24, 2.45) is 5.73 Å². The van der Waals surface area contributed by atoms with Crippen LogP contribution in [0.1, 0.15) is 6.42 Å². The maximum atomic E-state index is 8.78. The summed E-state index contributed by atoms with van der Waals surface area (Å²) >= 11 is 1.80. The van der Waals surface area contributed by atoms with Crippen LogP contribution in [0.2, 0.25) is 0 Å². The van der Waals surface area contributed by atoms with Crippen molar-refractivity contribution in [1.82, 2.24) is 4.90 Å². The number of nitrogens with two attached hydrogens (primary N) is 1. The number of hydrogen-bond donors (Lipinski definition) is 2. The van der Waals surface area contributed by atoms with E-state index in [4.69, 9.17) is 10.8 Å². The molecule has 3 nitrogen and oxygen atoms in total. The third-order valence-corrected chi connectivity index (χ3v) is 3.77. The van der Waals surface area contributed by atoms with Crippen molar-refractivity contribution >= 4 is 11.8 Å². The Morgan fingerprint density at radius 3 is 2.65 bits per heavy atom. The molecule has 0 unspecified atom stereocenters. The lowest BCUT2D eigenvalue weighted by Crippen LogP contribution is -2.31. The second-order valence-electron chi connectivity index (χ2n) is 4.20. The molecule has 0 radical (unpaired) electrons. The van der Waals surface area contributed by atoms with Gasteiger partial charge in [0.05, 0.1) is 6.61 Å². The van der Waals surface area contributed by atoms with E-state index in [1.165, 1.54) is 4.90 Å². The number of aliphatic hydroxyl groups excluding tert-OH is 1. The number of aliphatic hydroxyl groups is 1. The van der Waals surface area contributed by atoms with Crippen molar-refractivity contribution in [2.45, 2.75) is 17.4 Å². The van der Waals surface area contributed by atoms with Gasteiger partial charge in [-0.2, -0.15) is 0 Å². The fraction of sp³-hybridized carbons (Fsp3) is 0.538. The first-order valence-electron chi connectivity index (χ1n) is 5.95. The molecule has 0 saturated carbocycles. The summed E-state index contributed by atoms with van der Waals surface area (Å²) < 4.78 is 0. The van der Waals surface area contributed by atoms with Crippen LogP contribution in [0.3, 0.4) is 0 Å². The highest BCUT2D eigenvalue weighted by Crippen LogP contribution is 2.18. The molecule has 4 heteroatoms. The monoisotopic (exact) mass is 254 g/mol. The zero-order chi connectivity index (χ0) is 12.5. The normalized spacial score (nSPS) is 12.9. The van der Waals surface area contributed by atoms with Crippen LogP contribution in [-0.4, -0.2) is 48.5 Å². The van der Waals surface area contributed by atoms with Gasteiger partial charge in [0.25, 0.3) is 0 Å². The van der Waals surface area contributed by atoms with E-state index < -0.39 is 0 Å². The predicted molar refractivity (Wildman–Crippen MR) is 74.3 cm³/mol. The molecule has 0 aromatic heterocycles. The number of benzene rings is 1. The van der Waals surface area contributed by atoms with Gasteiger partial charge in [-0.1, -0.05) is 18.2 Å². The van der Waals surface area contributed by atoms with Crippen LogP contribution >= 0.6 is 11.8 Å². The van der Waals surface area contributed by atoms with Crippen LogP contribution in [-0.2, 0) is 0 Å². The quantitative estimate of drug-likeness (QED) is 0.689. The van der Waals surface area contributed by atoms with E-state index in [0.717, 1.165) is 25.3 Å². The van der Waals surface area contributed by atoms with Gasteiger partial charge < -0.3 is 15.7 Å². The summed E-state index contributed by atoms with van der Waals surface area (Å²) in [5.74, 6) is 0.941. The first kappa shape index (κ1) is 14.5. The highest BCUT2D eigenvalue weighted by Gasteiger charge is 2.05. The first-order chi connectivity index (χ1) is 8.22. The molecule has 0 aliphatic heterocycles. The minimum absolute atomic E-state index is 0.210. The molecule has 0 saturated heterocycles. The van der Waals surface area contributed by atoms with E-state index in [1.807, 2.05) is 25.2 Å². The van der Waals surface area contributed by atoms with Crippen LogP contribution in [0.4, 0.5) is 0 Å². The Balaban J connectivity index is 2.15. The largest absolute Gasteiger partial charge is 0.395 e. The Kier molecular flexibility index (Phi) is 7.28. The molecule has 96 valence electrons. The fourth-order valence-electron chi connectivity index (χ4n) is 1.47. The Morgan fingerprint density at radius 1 is 1.29 bits per heavy atom. The average Bonchev–Trinajstić information content (AvgIpc) is 2.35. The van der Waals surface area contributed by atoms with Crippen molar-refractivity contribution in [1.29, 1.82) is 0 Å². The van der Waals surface area contributed by atoms with Gasteiger partial charge in [-0.3, -0.25) is 0 Å². The molecular weight excluding hydrogens is 232 g/mol. The molecule has 0 spiro atoms. The highest BCUT2D eigenvalue weighted by molar-refractivity contribution is 7.99. The zero-order valence-electron chi connectivity index (χ0n) is 10.4. The molecule has 0 aliphatic carbocycles. The average molecular weight is 254 g/mol. The van der Waals surface area contributed by atoms with Gasteiger partial charge in [-0.15, -0.1) is 11.8 Å². The van der Waals surface area contributed by atoms with Crippen LogP contribution in [0.25, 0.3) is 0 Å². The number of nitrogens with zero attached hydrogens (tertiary/aromatic N) is 1. The van der Waals surface area contributed by atoms with Crippen LogP contribution < -0.4 is 5.73 Å². The summed E-state index contributed by atoms with van der Waals surface area (Å²) in [7, 11) is 2.01. The van der Waals surface area contributed by atoms with Crippen molar-refractivity contribution < 1.29 is 5.11 Å². The number of likely N-dealkylation sites (N-methyl/N-ethyl adjacent to an activating group) is 1. The molecule has 0 amide bonds. The molecule has 1 atom stereocenters. The van der Waals surface area contributed by atoms with Crippen LogP contribution in [0.5, 0.6) is 0 Å². The number of rotatable bonds is 8. The topological polar surface area (TPSA) is 49.5 Å². The lowest BCUT2D eigenvalue weighted by Gasteiger charge is -2.18. The van der Waals surface area contributed by atoms with E-state index in [-0.39, 0.29) is 12.6 Å². The minimum Gasteiger partial charge on any atom is -0.395 e. The van der Waals surface area contributed by atoms with Gasteiger partial charge in [0.2, 0.25) is 0 Å². The van der Waals surface area contributed by atoms with Gasteiger partial charge in [-0.05, 0) is 32.1 Å². The molecule has 1 aromatic rings. The number of hydrogen-bond acceptors (Lipinski definition) is 4. The van der Waals surface area contributed by atoms with E-state index >= 15 is 0 Å². The summed E-state index contributed by atoms with van der Waals surface area (Å²) in [6.07, 6.45) is 0.969. The van der Waals surface area contributed by atoms with Gasteiger partial charge >= 0.3 is 0 Å². The van der Waals surface area contributed by atoms with Crippen LogP contribution in [0.15, 0.2) is 35.2 Å². The van der Waals surface area contributed by atoms with Crippen LogP contribution in [0, 0.1) is 0 Å². The van der Waals surface area contributed by atoms with Crippen molar-refractivity contribution in [3.05, 3.63) is 30.3 Å². The molecule has 0 aliphatic rings. The van der Waals surface area contributed by atoms with Gasteiger partial charge in [0.15, 0.2) is 0 Å². The summed E-state index contributed by atoms with van der Waals surface area (Å²) in [5, 5.41) is 8.78. The molecule has 0 bridgehead atoms. The van der Waals surface area contributed by atoms with E-state index in [0.29, 0.717) is 0 Å². The van der Waals surface area contributed by atoms with Crippen molar-refractivity contribution in [2.75, 3.05) is 32.5 Å². The standard InChI is InChI=1S/C13H22N2OS/c1-15(9-10-16)8-7-12(14)11-17-13-5-3-2-4-6-13/h2-6,12,16H,7-11,14H2,1H3/t12-/m0/s1.